The minimum Gasteiger partial charge on any atom is -0.496 e. The molecule has 9 heteroatoms. The summed E-state index contributed by atoms with van der Waals surface area (Å²) < 4.78 is 30.5. The fraction of sp³-hybridized carbons (Fsp3) is 0.471. The van der Waals surface area contributed by atoms with Crippen molar-refractivity contribution in [2.45, 2.75) is 6.10 Å². The zero-order valence-corrected chi connectivity index (χ0v) is 15.8. The molecule has 0 saturated carbocycles. The number of hydrogen-bond donors (Lipinski definition) is 2. The molecule has 142 valence electrons. The van der Waals surface area contributed by atoms with Gasteiger partial charge in [-0.25, -0.2) is 12.7 Å². The number of carbonyl (C=O) groups is 1. The number of amides is 1. The van der Waals surface area contributed by atoms with Crippen LogP contribution in [0.3, 0.4) is 0 Å². The third-order valence-electron chi connectivity index (χ3n) is 4.75. The van der Waals surface area contributed by atoms with Crippen molar-refractivity contribution in [1.29, 1.82) is 0 Å². The molecular weight excluding hydrogens is 358 g/mol. The Balaban J connectivity index is 1.79. The summed E-state index contributed by atoms with van der Waals surface area (Å²) in [5.41, 5.74) is 1.16. The smallest absolute Gasteiger partial charge is 0.270 e. The lowest BCUT2D eigenvalue weighted by molar-refractivity contribution is 0.0760. The summed E-state index contributed by atoms with van der Waals surface area (Å²) in [6.45, 7) is 0.304. The van der Waals surface area contributed by atoms with Gasteiger partial charge in [-0.2, -0.15) is 0 Å². The van der Waals surface area contributed by atoms with E-state index in [1.54, 1.807) is 13.2 Å². The number of fused-ring (bicyclic) bond motifs is 1. The van der Waals surface area contributed by atoms with E-state index < -0.39 is 22.0 Å². The zero-order valence-electron chi connectivity index (χ0n) is 15.0. The lowest BCUT2D eigenvalue weighted by atomic mass is 10.1. The molecule has 2 aromatic rings. The van der Waals surface area contributed by atoms with Gasteiger partial charge in [-0.05, 0) is 18.2 Å². The molecule has 2 N–H and O–H groups in total. The fourth-order valence-corrected chi connectivity index (χ4v) is 4.36. The first kappa shape index (κ1) is 18.7. The number of H-pyrrole nitrogens is 1. The van der Waals surface area contributed by atoms with Gasteiger partial charge in [0, 0.05) is 44.0 Å². The van der Waals surface area contributed by atoms with E-state index in [4.69, 9.17) is 4.74 Å². The number of β-amino-alcohol motifs (C(OH)–C–C–N with tert-alkyl or cyclic N) is 1. The minimum absolute atomic E-state index is 0.110. The maximum Gasteiger partial charge on any atom is 0.270 e. The number of benzene rings is 1. The Morgan fingerprint density at radius 2 is 2.12 bits per heavy atom. The van der Waals surface area contributed by atoms with Gasteiger partial charge in [-0.15, -0.1) is 0 Å². The Morgan fingerprint density at radius 1 is 1.38 bits per heavy atom. The average Bonchev–Trinajstić information content (AvgIpc) is 3.17. The van der Waals surface area contributed by atoms with E-state index in [-0.39, 0.29) is 24.7 Å². The average molecular weight is 381 g/mol. The van der Waals surface area contributed by atoms with Crippen LogP contribution >= 0.6 is 0 Å². The minimum atomic E-state index is -3.45. The SMILES string of the molecule is COc1cccc2[nH]c(C(=O)N3C[C@@H](CS(=O)(=O)N(C)C)[C@@H](O)C3)cc12. The monoisotopic (exact) mass is 381 g/mol. The number of nitrogens with one attached hydrogen (secondary N) is 1. The molecule has 1 aromatic carbocycles. The van der Waals surface area contributed by atoms with Crippen molar-refractivity contribution in [3.05, 3.63) is 30.0 Å². The van der Waals surface area contributed by atoms with Crippen LogP contribution in [0.5, 0.6) is 5.75 Å². The number of ether oxygens (including phenoxy) is 1. The first-order valence-electron chi connectivity index (χ1n) is 8.26. The number of likely N-dealkylation sites (tertiary alicyclic amines) is 1. The number of rotatable bonds is 5. The number of aromatic amines is 1. The molecule has 0 radical (unpaired) electrons. The molecule has 1 aliphatic rings. The summed E-state index contributed by atoms with van der Waals surface area (Å²) in [5, 5.41) is 11.0. The Hall–Kier alpha value is -2.10. The number of carbonyl (C=O) groups excluding carboxylic acids is 1. The van der Waals surface area contributed by atoms with E-state index in [2.05, 4.69) is 4.98 Å². The molecule has 0 spiro atoms. The molecule has 1 amide bonds. The molecule has 26 heavy (non-hydrogen) atoms. The predicted octanol–water partition coefficient (Wildman–Crippen LogP) is 0.501. The van der Waals surface area contributed by atoms with Crippen LogP contribution in [0.15, 0.2) is 24.3 Å². The molecule has 0 unspecified atom stereocenters. The number of aliphatic hydroxyl groups is 1. The van der Waals surface area contributed by atoms with Crippen molar-refractivity contribution in [1.82, 2.24) is 14.2 Å². The van der Waals surface area contributed by atoms with Crippen molar-refractivity contribution < 1.29 is 23.1 Å². The van der Waals surface area contributed by atoms with Gasteiger partial charge >= 0.3 is 0 Å². The van der Waals surface area contributed by atoms with E-state index >= 15 is 0 Å². The van der Waals surface area contributed by atoms with Gasteiger partial charge < -0.3 is 19.7 Å². The molecule has 1 saturated heterocycles. The lowest BCUT2D eigenvalue weighted by Crippen LogP contribution is -2.33. The molecule has 0 bridgehead atoms. The summed E-state index contributed by atoms with van der Waals surface area (Å²) in [5.74, 6) is -0.308. The van der Waals surface area contributed by atoms with Gasteiger partial charge in [0.15, 0.2) is 0 Å². The summed E-state index contributed by atoms with van der Waals surface area (Å²) in [4.78, 5) is 17.3. The second kappa shape index (κ2) is 6.90. The zero-order chi connectivity index (χ0) is 19.1. The summed E-state index contributed by atoms with van der Waals surface area (Å²) >= 11 is 0. The Bertz CT molecular complexity index is 922. The van der Waals surface area contributed by atoms with Crippen LogP contribution in [0.1, 0.15) is 10.5 Å². The molecule has 2 atom stereocenters. The Labute approximate surface area is 152 Å². The summed E-state index contributed by atoms with van der Waals surface area (Å²) in [6.07, 6.45) is -0.868. The van der Waals surface area contributed by atoms with E-state index in [9.17, 15) is 18.3 Å². The third-order valence-corrected chi connectivity index (χ3v) is 6.71. The van der Waals surface area contributed by atoms with E-state index in [1.807, 2.05) is 18.2 Å². The number of aromatic nitrogens is 1. The highest BCUT2D eigenvalue weighted by atomic mass is 32.2. The molecular formula is C17H23N3O5S. The van der Waals surface area contributed by atoms with Crippen molar-refractivity contribution >= 4 is 26.8 Å². The quantitative estimate of drug-likeness (QED) is 0.785. The Kier molecular flexibility index (Phi) is 4.96. The number of hydrogen-bond acceptors (Lipinski definition) is 5. The molecule has 2 heterocycles. The number of nitrogens with zero attached hydrogens (tertiary/aromatic N) is 2. The van der Waals surface area contributed by atoms with Crippen molar-refractivity contribution in [2.24, 2.45) is 5.92 Å². The van der Waals surface area contributed by atoms with Crippen LogP contribution in [0.2, 0.25) is 0 Å². The molecule has 1 fully saturated rings. The molecule has 1 aliphatic heterocycles. The van der Waals surface area contributed by atoms with Crippen LogP contribution in [-0.4, -0.2) is 79.8 Å². The van der Waals surface area contributed by atoms with Gasteiger partial charge in [0.2, 0.25) is 10.0 Å². The number of sulfonamides is 1. The standard InChI is InChI=1S/C17H23N3O5S/c1-19(2)26(23,24)10-11-8-20(9-15(11)21)17(22)14-7-12-13(18-14)5-4-6-16(12)25-3/h4-7,11,15,18,21H,8-10H2,1-3H3/t11-,15-/m0/s1. The molecule has 0 aliphatic carbocycles. The first-order chi connectivity index (χ1) is 12.2. The second-order valence-electron chi connectivity index (χ2n) is 6.70. The lowest BCUT2D eigenvalue weighted by Gasteiger charge is -2.17. The third kappa shape index (κ3) is 3.42. The van der Waals surface area contributed by atoms with Gasteiger partial charge in [-0.1, -0.05) is 6.07 Å². The maximum absolute atomic E-state index is 12.8. The van der Waals surface area contributed by atoms with E-state index in [0.717, 1.165) is 15.2 Å². The summed E-state index contributed by atoms with van der Waals surface area (Å²) in [6, 6.07) is 7.20. The maximum atomic E-state index is 12.8. The van der Waals surface area contributed by atoms with Crippen LogP contribution in [0, 0.1) is 5.92 Å². The highest BCUT2D eigenvalue weighted by Gasteiger charge is 2.38. The van der Waals surface area contributed by atoms with Crippen molar-refractivity contribution in [3.8, 4) is 5.75 Å². The Morgan fingerprint density at radius 3 is 2.77 bits per heavy atom. The first-order valence-corrected chi connectivity index (χ1v) is 9.87. The predicted molar refractivity (Wildman–Crippen MR) is 97.7 cm³/mol. The second-order valence-corrected chi connectivity index (χ2v) is 8.93. The van der Waals surface area contributed by atoms with Gasteiger partial charge in [0.1, 0.15) is 11.4 Å². The number of aliphatic hydroxyl groups excluding tert-OH is 1. The van der Waals surface area contributed by atoms with Crippen molar-refractivity contribution in [3.63, 3.8) is 0 Å². The van der Waals surface area contributed by atoms with Crippen LogP contribution in [0.4, 0.5) is 0 Å². The highest BCUT2D eigenvalue weighted by molar-refractivity contribution is 7.89. The van der Waals surface area contributed by atoms with E-state index in [1.165, 1.54) is 19.0 Å². The van der Waals surface area contributed by atoms with Crippen LogP contribution in [-0.2, 0) is 10.0 Å². The van der Waals surface area contributed by atoms with Crippen molar-refractivity contribution in [2.75, 3.05) is 40.0 Å². The van der Waals surface area contributed by atoms with Crippen LogP contribution < -0.4 is 4.74 Å². The van der Waals surface area contributed by atoms with E-state index in [0.29, 0.717) is 11.4 Å². The molecule has 3 rings (SSSR count). The highest BCUT2D eigenvalue weighted by Crippen LogP contribution is 2.28. The van der Waals surface area contributed by atoms with Gasteiger partial charge in [0.25, 0.3) is 5.91 Å². The van der Waals surface area contributed by atoms with Gasteiger partial charge in [0.05, 0.1) is 19.0 Å². The molecule has 1 aromatic heterocycles. The molecule has 8 nitrogen and oxygen atoms in total. The fourth-order valence-electron chi connectivity index (χ4n) is 3.19. The topological polar surface area (TPSA) is 103 Å². The van der Waals surface area contributed by atoms with Crippen LogP contribution in [0.25, 0.3) is 10.9 Å². The normalized spacial score (nSPS) is 20.9. The number of methoxy groups -OCH3 is 1. The largest absolute Gasteiger partial charge is 0.496 e. The summed E-state index contributed by atoms with van der Waals surface area (Å²) in [7, 11) is 1.03. The van der Waals surface area contributed by atoms with Gasteiger partial charge in [-0.3, -0.25) is 4.79 Å².